The first-order valence-electron chi connectivity index (χ1n) is 7.70. The van der Waals surface area contributed by atoms with Crippen molar-refractivity contribution >= 4 is 33.8 Å². The lowest BCUT2D eigenvalue weighted by atomic mass is 9.99. The van der Waals surface area contributed by atoms with Crippen molar-refractivity contribution in [2.24, 2.45) is 5.92 Å². The summed E-state index contributed by atoms with van der Waals surface area (Å²) >= 11 is 0. The number of halogens is 1. The molecule has 5 nitrogen and oxygen atoms in total. The third kappa shape index (κ3) is 5.79. The van der Waals surface area contributed by atoms with Crippen LogP contribution >= 0.6 is 12.4 Å². The van der Waals surface area contributed by atoms with E-state index in [1.165, 1.54) is 0 Å². The highest BCUT2D eigenvalue weighted by atomic mass is 35.5. The Hall–Kier alpha value is -1.11. The van der Waals surface area contributed by atoms with Crippen LogP contribution in [0.1, 0.15) is 32.3 Å². The number of carbonyl (C=O) groups excluding carboxylic acids is 1. The number of amides is 1. The van der Waals surface area contributed by atoms with Crippen LogP contribution < -0.4 is 10.6 Å². The van der Waals surface area contributed by atoms with Crippen LogP contribution in [0.2, 0.25) is 0 Å². The normalized spacial score (nSPS) is 18.3. The molecule has 1 saturated heterocycles. The van der Waals surface area contributed by atoms with Gasteiger partial charge in [0.2, 0.25) is 5.91 Å². The molecule has 1 amide bonds. The molecule has 1 aromatic rings. The molecule has 0 aliphatic carbocycles. The second-order valence-corrected chi connectivity index (χ2v) is 8.65. The van der Waals surface area contributed by atoms with Crippen molar-refractivity contribution in [1.82, 2.24) is 5.32 Å². The van der Waals surface area contributed by atoms with Gasteiger partial charge in [-0.1, -0.05) is 12.1 Å². The molecule has 1 aliphatic heterocycles. The second kappa shape index (κ2) is 8.66. The van der Waals surface area contributed by atoms with E-state index in [-0.39, 0.29) is 30.0 Å². The summed E-state index contributed by atoms with van der Waals surface area (Å²) in [5.41, 5.74) is 1.36. The zero-order chi connectivity index (χ0) is 16.2. The molecule has 0 radical (unpaired) electrons. The molecule has 1 atom stereocenters. The van der Waals surface area contributed by atoms with Crippen molar-refractivity contribution in [2.45, 2.75) is 37.7 Å². The third-order valence-electron chi connectivity index (χ3n) is 3.95. The summed E-state index contributed by atoms with van der Waals surface area (Å²) in [6, 6.07) is 7.09. The van der Waals surface area contributed by atoms with Crippen molar-refractivity contribution < 1.29 is 13.2 Å². The van der Waals surface area contributed by atoms with Crippen molar-refractivity contribution in [3.8, 4) is 0 Å². The molecule has 0 aromatic heterocycles. The minimum Gasteiger partial charge on any atom is -0.326 e. The number of sulfone groups is 1. The molecule has 0 saturated carbocycles. The predicted molar refractivity (Wildman–Crippen MR) is 95.7 cm³/mol. The summed E-state index contributed by atoms with van der Waals surface area (Å²) < 4.78 is 24.0. The van der Waals surface area contributed by atoms with Gasteiger partial charge in [0.1, 0.15) is 0 Å². The largest absolute Gasteiger partial charge is 0.326 e. The highest BCUT2D eigenvalue weighted by molar-refractivity contribution is 7.91. The van der Waals surface area contributed by atoms with Crippen LogP contribution in [-0.2, 0) is 20.4 Å². The van der Waals surface area contributed by atoms with Crippen LogP contribution in [0.15, 0.2) is 24.3 Å². The maximum absolute atomic E-state index is 12.2. The molecular weight excluding hydrogens is 336 g/mol. The Morgan fingerprint density at radius 1 is 1.39 bits per heavy atom. The van der Waals surface area contributed by atoms with Gasteiger partial charge in [-0.05, 0) is 50.9 Å². The van der Waals surface area contributed by atoms with Crippen LogP contribution in [0.5, 0.6) is 0 Å². The van der Waals surface area contributed by atoms with Crippen LogP contribution in [0.3, 0.4) is 0 Å². The molecule has 1 fully saturated rings. The predicted octanol–water partition coefficient (Wildman–Crippen LogP) is 2.37. The van der Waals surface area contributed by atoms with E-state index in [0.29, 0.717) is 17.8 Å². The second-order valence-electron chi connectivity index (χ2n) is 6.09. The zero-order valence-corrected chi connectivity index (χ0v) is 15.2. The fraction of sp³-hybridized carbons (Fsp3) is 0.562. The van der Waals surface area contributed by atoms with E-state index in [4.69, 9.17) is 0 Å². The van der Waals surface area contributed by atoms with E-state index in [1.807, 2.05) is 0 Å². The Bertz CT molecular complexity index is 626. The molecule has 1 heterocycles. The molecule has 23 heavy (non-hydrogen) atoms. The minimum atomic E-state index is -3.14. The van der Waals surface area contributed by atoms with Gasteiger partial charge in [0.25, 0.3) is 0 Å². The average molecular weight is 361 g/mol. The fourth-order valence-electron chi connectivity index (χ4n) is 2.46. The Morgan fingerprint density at radius 3 is 2.74 bits per heavy atom. The number of benzene rings is 1. The lowest BCUT2D eigenvalue weighted by Gasteiger charge is -2.22. The SMILES string of the molecule is CC(C)S(=O)(=O)Cc1cccc(NC(=O)C2CCCNC2)c1.Cl. The maximum atomic E-state index is 12.2. The van der Waals surface area contributed by atoms with E-state index in [9.17, 15) is 13.2 Å². The monoisotopic (exact) mass is 360 g/mol. The van der Waals surface area contributed by atoms with Gasteiger partial charge in [0.05, 0.1) is 16.9 Å². The Balaban J connectivity index is 0.00000264. The number of hydrogen-bond donors (Lipinski definition) is 2. The highest BCUT2D eigenvalue weighted by Crippen LogP contribution is 2.18. The van der Waals surface area contributed by atoms with Gasteiger partial charge in [-0.3, -0.25) is 4.79 Å². The summed E-state index contributed by atoms with van der Waals surface area (Å²) in [6.45, 7) is 5.02. The van der Waals surface area contributed by atoms with E-state index in [1.54, 1.807) is 38.1 Å². The van der Waals surface area contributed by atoms with E-state index < -0.39 is 15.1 Å². The molecule has 1 aliphatic rings. The molecule has 0 spiro atoms. The summed E-state index contributed by atoms with van der Waals surface area (Å²) in [5, 5.41) is 5.71. The van der Waals surface area contributed by atoms with Gasteiger partial charge in [-0.15, -0.1) is 12.4 Å². The molecular formula is C16H25ClN2O3S. The first-order valence-corrected chi connectivity index (χ1v) is 9.42. The van der Waals surface area contributed by atoms with Crippen molar-refractivity contribution in [1.29, 1.82) is 0 Å². The zero-order valence-electron chi connectivity index (χ0n) is 13.5. The number of rotatable bonds is 5. The minimum absolute atomic E-state index is 0. The highest BCUT2D eigenvalue weighted by Gasteiger charge is 2.21. The lowest BCUT2D eigenvalue weighted by Crippen LogP contribution is -2.37. The van der Waals surface area contributed by atoms with Crippen LogP contribution in [0.25, 0.3) is 0 Å². The van der Waals surface area contributed by atoms with Gasteiger partial charge in [-0.2, -0.15) is 0 Å². The first-order chi connectivity index (χ1) is 10.4. The molecule has 2 N–H and O–H groups in total. The molecule has 130 valence electrons. The number of hydrogen-bond acceptors (Lipinski definition) is 4. The Kier molecular flexibility index (Phi) is 7.51. The van der Waals surface area contributed by atoms with Crippen molar-refractivity contribution in [3.63, 3.8) is 0 Å². The van der Waals surface area contributed by atoms with Gasteiger partial charge in [0, 0.05) is 12.2 Å². The van der Waals surface area contributed by atoms with Gasteiger partial charge >= 0.3 is 0 Å². The lowest BCUT2D eigenvalue weighted by molar-refractivity contribution is -0.120. The quantitative estimate of drug-likeness (QED) is 0.845. The number of anilines is 1. The van der Waals surface area contributed by atoms with Crippen LogP contribution in [-0.4, -0.2) is 32.7 Å². The Labute approximate surface area is 144 Å². The number of piperidine rings is 1. The smallest absolute Gasteiger partial charge is 0.228 e. The maximum Gasteiger partial charge on any atom is 0.228 e. The summed E-state index contributed by atoms with van der Waals surface area (Å²) in [5.74, 6) is -0.0211. The first kappa shape index (κ1) is 19.9. The van der Waals surface area contributed by atoms with E-state index in [0.717, 1.165) is 19.4 Å². The van der Waals surface area contributed by atoms with Crippen LogP contribution in [0, 0.1) is 5.92 Å². The number of nitrogens with one attached hydrogen (secondary N) is 2. The standard InChI is InChI=1S/C16H24N2O3S.ClH/c1-12(2)22(20,21)11-13-5-3-7-15(9-13)18-16(19)14-6-4-8-17-10-14;/h3,5,7,9,12,14,17H,4,6,8,10-11H2,1-2H3,(H,18,19);1H. The fourth-order valence-corrected chi connectivity index (χ4v) is 3.44. The Morgan fingerprint density at radius 2 is 2.13 bits per heavy atom. The topological polar surface area (TPSA) is 75.3 Å². The summed E-state index contributed by atoms with van der Waals surface area (Å²) in [4.78, 5) is 12.2. The molecule has 1 unspecified atom stereocenters. The van der Waals surface area contributed by atoms with Gasteiger partial charge in [0.15, 0.2) is 9.84 Å². The van der Waals surface area contributed by atoms with E-state index in [2.05, 4.69) is 10.6 Å². The van der Waals surface area contributed by atoms with Gasteiger partial charge in [-0.25, -0.2) is 8.42 Å². The molecule has 1 aromatic carbocycles. The third-order valence-corrected chi connectivity index (χ3v) is 6.12. The summed E-state index contributed by atoms with van der Waals surface area (Å²) in [7, 11) is -3.14. The molecule has 0 bridgehead atoms. The average Bonchev–Trinajstić information content (AvgIpc) is 2.48. The van der Waals surface area contributed by atoms with Crippen molar-refractivity contribution in [3.05, 3.63) is 29.8 Å². The van der Waals surface area contributed by atoms with Gasteiger partial charge < -0.3 is 10.6 Å². The molecule has 2 rings (SSSR count). The van der Waals surface area contributed by atoms with Crippen LogP contribution in [0.4, 0.5) is 5.69 Å². The summed E-state index contributed by atoms with van der Waals surface area (Å²) in [6.07, 6.45) is 1.89. The van der Waals surface area contributed by atoms with Crippen molar-refractivity contribution in [2.75, 3.05) is 18.4 Å². The molecule has 7 heteroatoms. The van der Waals surface area contributed by atoms with E-state index >= 15 is 0 Å². The number of carbonyl (C=O) groups is 1.